The number of H-pyrrole nitrogens is 2. The van der Waals surface area contributed by atoms with Crippen LogP contribution >= 0.6 is 0 Å². The van der Waals surface area contributed by atoms with Crippen molar-refractivity contribution in [3.63, 3.8) is 0 Å². The molecule has 0 spiro atoms. The number of nitrogens with one attached hydrogen (secondary N) is 2. The predicted octanol–water partition coefficient (Wildman–Crippen LogP) is 5.37. The molecule has 132 valence electrons. The van der Waals surface area contributed by atoms with Gasteiger partial charge in [-0.2, -0.15) is 0 Å². The number of benzene rings is 2. The van der Waals surface area contributed by atoms with E-state index < -0.39 is 40.6 Å². The van der Waals surface area contributed by atoms with Crippen LogP contribution in [0.15, 0.2) is 48.8 Å². The lowest BCUT2D eigenvalue weighted by Gasteiger charge is -2.19. The zero-order valence-electron chi connectivity index (χ0n) is 13.1. The Kier molecular flexibility index (Phi) is 3.79. The highest BCUT2D eigenvalue weighted by Gasteiger charge is 2.33. The Morgan fingerprint density at radius 2 is 1.35 bits per heavy atom. The van der Waals surface area contributed by atoms with E-state index in [1.54, 1.807) is 30.3 Å². The molecule has 4 rings (SSSR count). The maximum atomic E-state index is 14.5. The van der Waals surface area contributed by atoms with Gasteiger partial charge in [-0.15, -0.1) is 0 Å². The molecule has 2 heterocycles. The third kappa shape index (κ3) is 2.31. The summed E-state index contributed by atoms with van der Waals surface area (Å²) in [5, 5.41) is 0.621. The Labute approximate surface area is 144 Å². The Hall–Kier alpha value is -3.09. The van der Waals surface area contributed by atoms with Crippen molar-refractivity contribution in [3.05, 3.63) is 94.7 Å². The first-order valence-electron chi connectivity index (χ1n) is 7.71. The fourth-order valence-corrected chi connectivity index (χ4v) is 3.21. The van der Waals surface area contributed by atoms with Gasteiger partial charge < -0.3 is 9.97 Å². The zero-order chi connectivity index (χ0) is 18.4. The van der Waals surface area contributed by atoms with Gasteiger partial charge in [0.15, 0.2) is 23.3 Å². The largest absolute Gasteiger partial charge is 0.364 e. The number of hydrogen-bond donors (Lipinski definition) is 2. The van der Waals surface area contributed by atoms with E-state index >= 15 is 0 Å². The van der Waals surface area contributed by atoms with Crippen LogP contribution in [0, 0.1) is 29.1 Å². The van der Waals surface area contributed by atoms with Gasteiger partial charge in [-0.1, -0.05) is 18.2 Å². The van der Waals surface area contributed by atoms with Gasteiger partial charge in [0.1, 0.15) is 0 Å². The highest BCUT2D eigenvalue weighted by atomic mass is 19.2. The van der Waals surface area contributed by atoms with E-state index in [2.05, 4.69) is 9.97 Å². The first kappa shape index (κ1) is 16.4. The predicted molar refractivity (Wildman–Crippen MR) is 86.3 cm³/mol. The summed E-state index contributed by atoms with van der Waals surface area (Å²) in [6, 6.07) is 10.1. The molecule has 2 aromatic heterocycles. The number of halogens is 5. The lowest BCUT2D eigenvalue weighted by Crippen LogP contribution is -2.14. The lowest BCUT2D eigenvalue weighted by molar-refractivity contribution is 0.369. The number of aromatic nitrogens is 2. The van der Waals surface area contributed by atoms with Crippen LogP contribution in [0.2, 0.25) is 0 Å². The summed E-state index contributed by atoms with van der Waals surface area (Å²) >= 11 is 0. The van der Waals surface area contributed by atoms with E-state index in [4.69, 9.17) is 0 Å². The summed E-state index contributed by atoms with van der Waals surface area (Å²) < 4.78 is 70.0. The monoisotopic (exact) mass is 362 g/mol. The first-order valence-corrected chi connectivity index (χ1v) is 7.71. The van der Waals surface area contributed by atoms with Gasteiger partial charge in [-0.05, 0) is 23.8 Å². The third-order valence-electron chi connectivity index (χ3n) is 4.40. The van der Waals surface area contributed by atoms with Crippen LogP contribution < -0.4 is 0 Å². The van der Waals surface area contributed by atoms with Gasteiger partial charge in [0.25, 0.3) is 0 Å². The van der Waals surface area contributed by atoms with Crippen LogP contribution in [0.4, 0.5) is 22.0 Å². The fourth-order valence-electron chi connectivity index (χ4n) is 3.21. The zero-order valence-corrected chi connectivity index (χ0v) is 13.1. The van der Waals surface area contributed by atoms with Gasteiger partial charge in [-0.25, -0.2) is 22.0 Å². The van der Waals surface area contributed by atoms with E-state index in [0.29, 0.717) is 22.2 Å². The number of para-hydroxylation sites is 1. The minimum absolute atomic E-state index is 0.304. The summed E-state index contributed by atoms with van der Waals surface area (Å²) in [4.78, 5) is 5.77. The fraction of sp³-hybridized carbons (Fsp3) is 0.0526. The van der Waals surface area contributed by atoms with Gasteiger partial charge >= 0.3 is 0 Å². The minimum atomic E-state index is -2.17. The molecule has 0 saturated carbocycles. The number of fused-ring (bicyclic) bond motifs is 1. The van der Waals surface area contributed by atoms with E-state index in [0.717, 1.165) is 0 Å². The molecule has 0 saturated heterocycles. The second kappa shape index (κ2) is 6.01. The SMILES string of the molecule is Fc1c(F)c(F)c(C(c2ccc[nH]2)c2c[nH]c3ccccc23)c(F)c1F. The molecule has 1 unspecified atom stereocenters. The van der Waals surface area contributed by atoms with Crippen molar-refractivity contribution in [2.45, 2.75) is 5.92 Å². The van der Waals surface area contributed by atoms with E-state index in [1.165, 1.54) is 18.5 Å². The molecular formula is C19H11F5N2. The minimum Gasteiger partial charge on any atom is -0.364 e. The molecule has 0 aliphatic heterocycles. The molecule has 2 N–H and O–H groups in total. The molecule has 0 bridgehead atoms. The molecule has 0 fully saturated rings. The van der Waals surface area contributed by atoms with Crippen molar-refractivity contribution >= 4 is 10.9 Å². The maximum Gasteiger partial charge on any atom is 0.200 e. The van der Waals surface area contributed by atoms with E-state index in [-0.39, 0.29) is 0 Å². The standard InChI is InChI=1S/C19H11F5N2/c20-15-14(16(21)18(23)19(24)17(15)22)13(12-6-3-7-25-12)10-8-26-11-5-2-1-4-9(10)11/h1-8,13,25-26H. The van der Waals surface area contributed by atoms with Crippen LogP contribution in [0.3, 0.4) is 0 Å². The quantitative estimate of drug-likeness (QED) is 0.279. The second-order valence-corrected chi connectivity index (χ2v) is 5.83. The molecular weight excluding hydrogens is 351 g/mol. The highest BCUT2D eigenvalue weighted by Crippen LogP contribution is 2.39. The van der Waals surface area contributed by atoms with Crippen molar-refractivity contribution in [2.75, 3.05) is 0 Å². The van der Waals surface area contributed by atoms with Crippen molar-refractivity contribution in [3.8, 4) is 0 Å². The normalized spacial score (nSPS) is 12.7. The average Bonchev–Trinajstić information content (AvgIpc) is 3.32. The number of aromatic amines is 2. The van der Waals surface area contributed by atoms with Crippen molar-refractivity contribution in [1.29, 1.82) is 0 Å². The first-order chi connectivity index (χ1) is 12.5. The maximum absolute atomic E-state index is 14.5. The summed E-state index contributed by atoms with van der Waals surface area (Å²) in [6.07, 6.45) is 3.03. The lowest BCUT2D eigenvalue weighted by atomic mass is 9.87. The average molecular weight is 362 g/mol. The Morgan fingerprint density at radius 1 is 0.692 bits per heavy atom. The van der Waals surface area contributed by atoms with Gasteiger partial charge in [0, 0.05) is 34.6 Å². The van der Waals surface area contributed by atoms with Crippen LogP contribution in [-0.4, -0.2) is 9.97 Å². The summed E-state index contributed by atoms with van der Waals surface area (Å²) in [5.41, 5.74) is 0.487. The highest BCUT2D eigenvalue weighted by molar-refractivity contribution is 5.84. The van der Waals surface area contributed by atoms with Crippen molar-refractivity contribution in [1.82, 2.24) is 9.97 Å². The van der Waals surface area contributed by atoms with Crippen LogP contribution in [0.25, 0.3) is 10.9 Å². The molecule has 0 amide bonds. The van der Waals surface area contributed by atoms with Crippen molar-refractivity contribution < 1.29 is 22.0 Å². The van der Waals surface area contributed by atoms with Crippen LogP contribution in [0.1, 0.15) is 22.7 Å². The Morgan fingerprint density at radius 3 is 2.00 bits per heavy atom. The molecule has 7 heteroatoms. The summed E-state index contributed by atoms with van der Waals surface area (Å²) in [7, 11) is 0. The smallest absolute Gasteiger partial charge is 0.200 e. The second-order valence-electron chi connectivity index (χ2n) is 5.83. The molecule has 0 radical (unpaired) electrons. The molecule has 26 heavy (non-hydrogen) atoms. The van der Waals surface area contributed by atoms with E-state index in [9.17, 15) is 22.0 Å². The molecule has 2 aromatic carbocycles. The molecule has 2 nitrogen and oxygen atoms in total. The van der Waals surface area contributed by atoms with Gasteiger partial charge in [-0.3, -0.25) is 0 Å². The summed E-state index contributed by atoms with van der Waals surface area (Å²) in [6.45, 7) is 0. The Balaban J connectivity index is 2.07. The number of rotatable bonds is 3. The molecule has 1 atom stereocenters. The van der Waals surface area contributed by atoms with Crippen molar-refractivity contribution in [2.24, 2.45) is 0 Å². The van der Waals surface area contributed by atoms with Crippen LogP contribution in [0.5, 0.6) is 0 Å². The Bertz CT molecular complexity index is 1070. The number of hydrogen-bond acceptors (Lipinski definition) is 0. The topological polar surface area (TPSA) is 31.6 Å². The van der Waals surface area contributed by atoms with Crippen LogP contribution in [-0.2, 0) is 0 Å². The van der Waals surface area contributed by atoms with Gasteiger partial charge in [0.2, 0.25) is 5.82 Å². The molecule has 0 aliphatic rings. The van der Waals surface area contributed by atoms with E-state index in [1.807, 2.05) is 0 Å². The van der Waals surface area contributed by atoms with Gasteiger partial charge in [0.05, 0.1) is 5.92 Å². The third-order valence-corrected chi connectivity index (χ3v) is 4.40. The molecule has 0 aliphatic carbocycles. The summed E-state index contributed by atoms with van der Waals surface area (Å²) in [5.74, 6) is -11.0. The molecule has 4 aromatic rings.